The predicted molar refractivity (Wildman–Crippen MR) is 229 cm³/mol. The number of rotatable bonds is 11. The van der Waals surface area contributed by atoms with Crippen LogP contribution in [0.4, 0.5) is 9.59 Å². The molecule has 5 N–H and O–H groups in total. The number of amides is 4. The van der Waals surface area contributed by atoms with E-state index in [4.69, 9.17) is 19.4 Å². The van der Waals surface area contributed by atoms with Gasteiger partial charge in [-0.25, -0.2) is 19.6 Å². The number of methoxy groups -OCH3 is 2. The van der Waals surface area contributed by atoms with Crippen LogP contribution in [0.15, 0.2) is 61.1 Å². The Morgan fingerprint density at radius 3 is 1.69 bits per heavy atom. The summed E-state index contributed by atoms with van der Waals surface area (Å²) >= 11 is 0. The maximum atomic E-state index is 14.1. The van der Waals surface area contributed by atoms with Gasteiger partial charge in [0.1, 0.15) is 34.8 Å². The fourth-order valence-electron chi connectivity index (χ4n) is 10.8. The van der Waals surface area contributed by atoms with Gasteiger partial charge in [0.25, 0.3) is 0 Å². The molecule has 5 heterocycles. The van der Waals surface area contributed by atoms with Crippen LogP contribution in [0.25, 0.3) is 44.5 Å². The number of hydrogen-bond donors (Lipinski definition) is 5. The van der Waals surface area contributed by atoms with Crippen LogP contribution in [0, 0.1) is 23.7 Å². The van der Waals surface area contributed by atoms with Gasteiger partial charge < -0.3 is 44.9 Å². The summed E-state index contributed by atoms with van der Waals surface area (Å²) in [6.45, 7) is 8.98. The summed E-state index contributed by atoms with van der Waals surface area (Å²) in [6.07, 6.45) is 9.76. The highest BCUT2D eigenvalue weighted by Crippen LogP contribution is 2.54. The van der Waals surface area contributed by atoms with E-state index in [1.165, 1.54) is 14.2 Å². The van der Waals surface area contributed by atoms with E-state index < -0.39 is 35.3 Å². The molecular formula is C46H55N9O6. The lowest BCUT2D eigenvalue weighted by Gasteiger charge is -2.40. The molecule has 6 atom stereocenters. The SMILES string of the molecule is COC(=O)N[C@H](C(=O)N1CC2CCC1(c1ncc(-c3ccc(-c4ccc(-c5cnc(C67CCC(CN6C(=O)[C@@H](NC(=O)OC)C(C)C)C7)[nH]5)c5[nH]ccc45)cc3)[nH]1)C2)C(C)C. The van der Waals surface area contributed by atoms with Crippen LogP contribution in [-0.4, -0.2) is 98.1 Å². The van der Waals surface area contributed by atoms with Crippen LogP contribution in [0.2, 0.25) is 0 Å². The van der Waals surface area contributed by atoms with Gasteiger partial charge in [-0.15, -0.1) is 0 Å². The molecule has 2 saturated carbocycles. The molecule has 2 aliphatic carbocycles. The quantitative estimate of drug-likeness (QED) is 0.0936. The van der Waals surface area contributed by atoms with Crippen molar-refractivity contribution in [2.75, 3.05) is 27.3 Å². The van der Waals surface area contributed by atoms with Crippen LogP contribution in [0.3, 0.4) is 0 Å². The van der Waals surface area contributed by atoms with E-state index in [1.807, 2.05) is 56.1 Å². The fourth-order valence-corrected chi connectivity index (χ4v) is 10.8. The molecule has 4 aliphatic rings. The largest absolute Gasteiger partial charge is 0.453 e. The van der Waals surface area contributed by atoms with Crippen molar-refractivity contribution in [3.63, 3.8) is 0 Å². The number of nitrogens with one attached hydrogen (secondary N) is 5. The molecule has 3 aromatic heterocycles. The zero-order chi connectivity index (χ0) is 42.8. The van der Waals surface area contributed by atoms with Crippen molar-refractivity contribution in [2.24, 2.45) is 23.7 Å². The van der Waals surface area contributed by atoms with Crippen molar-refractivity contribution in [1.29, 1.82) is 0 Å². The van der Waals surface area contributed by atoms with Crippen molar-refractivity contribution in [3.05, 3.63) is 72.7 Å². The molecule has 0 radical (unpaired) electrons. The van der Waals surface area contributed by atoms with Crippen molar-refractivity contribution >= 4 is 34.9 Å². The number of aromatic amines is 3. The normalized spacial score (nSPS) is 23.9. The first-order valence-electron chi connectivity index (χ1n) is 21.5. The Balaban J connectivity index is 0.950. The minimum Gasteiger partial charge on any atom is -0.453 e. The maximum absolute atomic E-state index is 14.1. The van der Waals surface area contributed by atoms with E-state index in [9.17, 15) is 19.2 Å². The molecule has 0 spiro atoms. The zero-order valence-electron chi connectivity index (χ0n) is 35.6. The second-order valence-electron chi connectivity index (χ2n) is 18.2. The number of alkyl carbamates (subject to hydrolysis) is 2. The van der Waals surface area contributed by atoms with E-state index in [-0.39, 0.29) is 23.7 Å². The molecule has 4 bridgehead atoms. The third-order valence-corrected chi connectivity index (χ3v) is 14.0. The van der Waals surface area contributed by atoms with Crippen molar-refractivity contribution < 1.29 is 28.7 Å². The first kappa shape index (κ1) is 40.3. The lowest BCUT2D eigenvalue weighted by atomic mass is 9.93. The van der Waals surface area contributed by atoms with Gasteiger partial charge in [0.15, 0.2) is 0 Å². The summed E-state index contributed by atoms with van der Waals surface area (Å²) in [6, 6.07) is 13.4. The Morgan fingerprint density at radius 2 is 1.18 bits per heavy atom. The summed E-state index contributed by atoms with van der Waals surface area (Å²) in [5.74, 6) is 1.87. The molecule has 2 saturated heterocycles. The van der Waals surface area contributed by atoms with Gasteiger partial charge in [-0.1, -0.05) is 64.1 Å². The van der Waals surface area contributed by atoms with Gasteiger partial charge in [-0.3, -0.25) is 9.59 Å². The number of imidazole rings is 2. The van der Waals surface area contributed by atoms with Crippen LogP contribution >= 0.6 is 0 Å². The molecule has 15 nitrogen and oxygen atoms in total. The number of hydrogen-bond acceptors (Lipinski definition) is 8. The summed E-state index contributed by atoms with van der Waals surface area (Å²) in [4.78, 5) is 76.8. The topological polar surface area (TPSA) is 190 Å². The molecule has 61 heavy (non-hydrogen) atoms. The number of ether oxygens (including phenoxy) is 2. The number of piperidine rings is 2. The Labute approximate surface area is 354 Å². The number of carbonyl (C=O) groups excluding carboxylic acids is 4. The van der Waals surface area contributed by atoms with Gasteiger partial charge in [0, 0.05) is 30.2 Å². The molecular weight excluding hydrogens is 775 g/mol. The monoisotopic (exact) mass is 829 g/mol. The summed E-state index contributed by atoms with van der Waals surface area (Å²) in [5, 5.41) is 6.59. The Hall–Kier alpha value is -6.12. The molecule has 5 aromatic rings. The third kappa shape index (κ3) is 6.72. The lowest BCUT2D eigenvalue weighted by Crippen LogP contribution is -2.56. The highest BCUT2D eigenvalue weighted by atomic mass is 16.5. The van der Waals surface area contributed by atoms with Crippen LogP contribution in [0.5, 0.6) is 0 Å². The second kappa shape index (κ2) is 15.4. The summed E-state index contributed by atoms with van der Waals surface area (Å²) < 4.78 is 9.68. The number of likely N-dealkylation sites (tertiary alicyclic amines) is 2. The van der Waals surface area contributed by atoms with Crippen LogP contribution < -0.4 is 10.6 Å². The molecule has 4 fully saturated rings. The summed E-state index contributed by atoms with van der Waals surface area (Å²) in [7, 11) is 2.61. The van der Waals surface area contributed by atoms with E-state index in [0.29, 0.717) is 24.9 Å². The van der Waals surface area contributed by atoms with Crippen molar-refractivity contribution in [2.45, 2.75) is 89.4 Å². The Kier molecular flexibility index (Phi) is 10.2. The number of H-pyrrole nitrogens is 3. The number of nitrogens with zero attached hydrogens (tertiary/aromatic N) is 4. The minimum absolute atomic E-state index is 0.106. The van der Waals surface area contributed by atoms with E-state index >= 15 is 0 Å². The Bertz CT molecular complexity index is 2490. The molecule has 15 heteroatoms. The minimum atomic E-state index is -0.702. The number of carbonyl (C=O) groups is 4. The fraction of sp³-hybridized carbons (Fsp3) is 0.478. The lowest BCUT2D eigenvalue weighted by molar-refractivity contribution is -0.141. The average molecular weight is 830 g/mol. The smallest absolute Gasteiger partial charge is 0.407 e. The standard InChI is InChI=1S/C46H55N9O6/c1-25(2)36(52-43(58)60-5)39(56)54-23-27-13-16-45(54,19-27)41-48-21-34(50-41)30-9-7-29(8-10-30)31-11-12-33(38-32(31)15-18-47-38)35-22-49-42(51-35)46-17-14-28(20-46)24-55(46)40(57)37(26(3)4)53-44(59)61-6/h7-12,15,18,21-22,25-28,36-37,47H,13-14,16-17,19-20,23-24H2,1-6H3,(H,48,50)(H,49,51)(H,52,58)(H,53,59)/t27?,28?,36-,37-,45?,46?/m0/s1. The van der Waals surface area contributed by atoms with Crippen LogP contribution in [0.1, 0.15) is 77.9 Å². The molecule has 4 amide bonds. The maximum Gasteiger partial charge on any atom is 0.407 e. The highest BCUT2D eigenvalue weighted by Gasteiger charge is 2.58. The number of aromatic nitrogens is 5. The molecule has 2 aliphatic heterocycles. The Morgan fingerprint density at radius 1 is 0.689 bits per heavy atom. The van der Waals surface area contributed by atoms with E-state index in [1.54, 1.807) is 0 Å². The van der Waals surface area contributed by atoms with Crippen molar-refractivity contribution in [3.8, 4) is 33.6 Å². The third-order valence-electron chi connectivity index (χ3n) is 14.0. The summed E-state index contributed by atoms with van der Waals surface area (Å²) in [5.41, 5.74) is 5.70. The van der Waals surface area contributed by atoms with E-state index in [2.05, 4.69) is 68.1 Å². The van der Waals surface area contributed by atoms with Gasteiger partial charge in [0.2, 0.25) is 11.8 Å². The number of benzene rings is 2. The molecule has 9 rings (SSSR count). The zero-order valence-corrected chi connectivity index (χ0v) is 35.6. The van der Waals surface area contributed by atoms with Gasteiger partial charge >= 0.3 is 12.2 Å². The van der Waals surface area contributed by atoms with Gasteiger partial charge in [0.05, 0.1) is 43.5 Å². The first-order chi connectivity index (χ1) is 29.3. The van der Waals surface area contributed by atoms with Gasteiger partial charge in [-0.2, -0.15) is 0 Å². The average Bonchev–Trinajstić information content (AvgIpc) is 4.13. The van der Waals surface area contributed by atoms with Gasteiger partial charge in [-0.05, 0) is 85.0 Å². The number of fused-ring (bicyclic) bond motifs is 5. The van der Waals surface area contributed by atoms with Crippen molar-refractivity contribution in [1.82, 2.24) is 45.4 Å². The second-order valence-corrected chi connectivity index (χ2v) is 18.2. The van der Waals surface area contributed by atoms with E-state index in [0.717, 1.165) is 94.7 Å². The van der Waals surface area contributed by atoms with Crippen LogP contribution in [-0.2, 0) is 30.1 Å². The molecule has 4 unspecified atom stereocenters. The highest BCUT2D eigenvalue weighted by molar-refractivity contribution is 6.02. The molecule has 320 valence electrons. The molecule has 2 aromatic carbocycles. The predicted octanol–water partition coefficient (Wildman–Crippen LogP) is 7.05. The first-order valence-corrected chi connectivity index (χ1v) is 21.5.